The highest BCUT2D eigenvalue weighted by Gasteiger charge is 2.53. The van der Waals surface area contributed by atoms with Gasteiger partial charge >= 0.3 is 0 Å². The fraction of sp³-hybridized carbons (Fsp3) is 0.0526. The molecule has 4 heterocycles. The van der Waals surface area contributed by atoms with Crippen LogP contribution in [0.5, 0.6) is 0 Å². The third-order valence-corrected chi connectivity index (χ3v) is 13.1. The first kappa shape index (κ1) is 26.2. The Morgan fingerprint density at radius 1 is 0.364 bits per heavy atom. The quantitative estimate of drug-likeness (QED) is 0.192. The van der Waals surface area contributed by atoms with Gasteiger partial charge in [-0.25, -0.2) is 0 Å². The van der Waals surface area contributed by atoms with Crippen molar-refractivity contribution in [3.8, 4) is 0 Å². The van der Waals surface area contributed by atoms with E-state index in [2.05, 4.69) is 88.3 Å². The molecule has 0 spiro atoms. The molecular formula is C38H22O2S4. The van der Waals surface area contributed by atoms with Crippen LogP contribution in [0.1, 0.15) is 73.6 Å². The lowest BCUT2D eigenvalue weighted by Gasteiger charge is -2.43. The van der Waals surface area contributed by atoms with Crippen LogP contribution in [0.4, 0.5) is 0 Å². The third kappa shape index (κ3) is 3.23. The van der Waals surface area contributed by atoms with E-state index in [4.69, 9.17) is 0 Å². The molecule has 0 aliphatic heterocycles. The van der Waals surface area contributed by atoms with Gasteiger partial charge < -0.3 is 0 Å². The summed E-state index contributed by atoms with van der Waals surface area (Å²) in [6.45, 7) is 0. The molecule has 2 aliphatic carbocycles. The summed E-state index contributed by atoms with van der Waals surface area (Å²) in [7, 11) is 0. The van der Waals surface area contributed by atoms with E-state index in [9.17, 15) is 9.59 Å². The van der Waals surface area contributed by atoms with Gasteiger partial charge in [-0.15, -0.1) is 45.3 Å². The predicted octanol–water partition coefficient (Wildman–Crippen LogP) is 9.79. The molecule has 3 aromatic carbocycles. The van der Waals surface area contributed by atoms with Gasteiger partial charge in [-0.1, -0.05) is 78.9 Å². The van der Waals surface area contributed by atoms with E-state index in [-0.39, 0.29) is 11.6 Å². The average molecular weight is 639 g/mol. The summed E-state index contributed by atoms with van der Waals surface area (Å²) < 4.78 is 0. The number of carbonyl (C=O) groups excluding carboxylic acids is 2. The first-order valence-corrected chi connectivity index (χ1v) is 17.8. The first-order valence-electron chi connectivity index (χ1n) is 14.3. The van der Waals surface area contributed by atoms with Crippen molar-refractivity contribution in [1.82, 2.24) is 0 Å². The number of hydrogen-bond donors (Lipinski definition) is 0. The lowest BCUT2D eigenvalue weighted by molar-refractivity contribution is 0.103. The minimum absolute atomic E-state index is 0.0355. The highest BCUT2D eigenvalue weighted by molar-refractivity contribution is 7.12. The maximum absolute atomic E-state index is 14.5. The fourth-order valence-corrected chi connectivity index (χ4v) is 11.5. The number of hydrogen-bond acceptors (Lipinski definition) is 6. The van der Waals surface area contributed by atoms with Crippen molar-refractivity contribution in [2.24, 2.45) is 0 Å². The molecule has 7 aromatic rings. The SMILES string of the molecule is O=C1c2ccccc2C(c2cccs2)(c2cccs2)c2cc3c(cc21)C(=O)c1ccccc1C3(c1cccs1)c1cccs1. The topological polar surface area (TPSA) is 34.1 Å². The van der Waals surface area contributed by atoms with Gasteiger partial charge in [0.25, 0.3) is 0 Å². The molecular weight excluding hydrogens is 617 g/mol. The summed E-state index contributed by atoms with van der Waals surface area (Å²) in [6.07, 6.45) is 0. The molecule has 6 heteroatoms. The molecule has 0 amide bonds. The van der Waals surface area contributed by atoms with Crippen molar-refractivity contribution >= 4 is 56.9 Å². The van der Waals surface area contributed by atoms with E-state index >= 15 is 0 Å². The van der Waals surface area contributed by atoms with E-state index in [0.717, 1.165) is 41.8 Å². The van der Waals surface area contributed by atoms with Crippen molar-refractivity contribution in [3.63, 3.8) is 0 Å². The summed E-state index contributed by atoms with van der Waals surface area (Å²) in [5.74, 6) is -0.0710. The molecule has 2 aliphatic rings. The highest BCUT2D eigenvalue weighted by Crippen LogP contribution is 2.58. The molecule has 0 saturated carbocycles. The van der Waals surface area contributed by atoms with Gasteiger partial charge in [-0.05, 0) is 74.1 Å². The van der Waals surface area contributed by atoms with Crippen LogP contribution in [0.25, 0.3) is 0 Å². The number of thiophene rings is 4. The Morgan fingerprint density at radius 2 is 0.727 bits per heavy atom. The first-order chi connectivity index (χ1) is 21.7. The molecule has 9 rings (SSSR count). The van der Waals surface area contributed by atoms with Crippen molar-refractivity contribution in [2.75, 3.05) is 0 Å². The van der Waals surface area contributed by atoms with Gasteiger partial charge in [0.15, 0.2) is 11.6 Å². The second-order valence-corrected chi connectivity index (χ2v) is 14.9. The molecule has 0 atom stereocenters. The van der Waals surface area contributed by atoms with Crippen LogP contribution in [0.15, 0.2) is 131 Å². The standard InChI is InChI=1S/C38H22O2S4/c39-35-23-9-1-3-11-27(23)37(31-13-5-17-41-31,32-14-6-18-42-32)29-22-30-26(21-25(29)35)36(40)24-10-2-4-12-28(24)38(30,33-15-7-19-43-33)34-16-8-20-44-34/h1-22H. The Morgan fingerprint density at radius 3 is 1.07 bits per heavy atom. The molecule has 0 bridgehead atoms. The summed E-state index contributed by atoms with van der Waals surface area (Å²) in [4.78, 5) is 33.6. The van der Waals surface area contributed by atoms with Gasteiger partial charge in [-0.3, -0.25) is 9.59 Å². The van der Waals surface area contributed by atoms with E-state index in [1.165, 1.54) is 0 Å². The zero-order valence-electron chi connectivity index (χ0n) is 23.2. The minimum atomic E-state index is -0.701. The zero-order valence-corrected chi connectivity index (χ0v) is 26.4. The largest absolute Gasteiger partial charge is 0.289 e. The van der Waals surface area contributed by atoms with E-state index < -0.39 is 10.8 Å². The van der Waals surface area contributed by atoms with Crippen LogP contribution < -0.4 is 0 Å². The van der Waals surface area contributed by atoms with Crippen LogP contribution in [-0.4, -0.2) is 11.6 Å². The smallest absolute Gasteiger partial charge is 0.193 e. The Hall–Kier alpha value is -4.20. The molecule has 4 aromatic heterocycles. The third-order valence-electron chi connectivity index (χ3n) is 9.17. The Bertz CT molecular complexity index is 1980. The molecule has 2 nitrogen and oxygen atoms in total. The highest BCUT2D eigenvalue weighted by atomic mass is 32.1. The summed E-state index contributed by atoms with van der Waals surface area (Å²) in [5.41, 5.74) is 5.03. The minimum Gasteiger partial charge on any atom is -0.289 e. The summed E-state index contributed by atoms with van der Waals surface area (Å²) in [5, 5.41) is 8.46. The van der Waals surface area contributed by atoms with E-state index in [1.807, 2.05) is 42.5 Å². The van der Waals surface area contributed by atoms with Crippen molar-refractivity contribution in [1.29, 1.82) is 0 Å². The number of carbonyl (C=O) groups is 2. The second-order valence-electron chi connectivity index (χ2n) is 11.1. The van der Waals surface area contributed by atoms with Crippen molar-refractivity contribution in [2.45, 2.75) is 10.8 Å². The Balaban J connectivity index is 1.49. The van der Waals surface area contributed by atoms with Gasteiger partial charge in [0.05, 0.1) is 10.8 Å². The molecule has 0 N–H and O–H groups in total. The molecule has 0 radical (unpaired) electrons. The maximum atomic E-state index is 14.5. The lowest BCUT2D eigenvalue weighted by Crippen LogP contribution is -2.41. The van der Waals surface area contributed by atoms with Crippen molar-refractivity contribution in [3.05, 3.63) is 195 Å². The molecule has 210 valence electrons. The van der Waals surface area contributed by atoms with Gasteiger partial charge in [-0.2, -0.15) is 0 Å². The van der Waals surface area contributed by atoms with Gasteiger partial charge in [0, 0.05) is 41.8 Å². The number of benzene rings is 3. The number of rotatable bonds is 4. The molecule has 44 heavy (non-hydrogen) atoms. The Labute approximate surface area is 270 Å². The van der Waals surface area contributed by atoms with Crippen LogP contribution in [0.2, 0.25) is 0 Å². The van der Waals surface area contributed by atoms with Gasteiger partial charge in [0.1, 0.15) is 0 Å². The van der Waals surface area contributed by atoms with Crippen molar-refractivity contribution < 1.29 is 9.59 Å². The lowest BCUT2D eigenvalue weighted by atomic mass is 9.59. The number of ketones is 2. The average Bonchev–Trinajstić information content (AvgIpc) is 3.90. The number of fused-ring (bicyclic) bond motifs is 4. The fourth-order valence-electron chi connectivity index (χ4n) is 7.46. The predicted molar refractivity (Wildman–Crippen MR) is 181 cm³/mol. The normalized spacial score (nSPS) is 15.7. The zero-order chi connectivity index (χ0) is 29.5. The molecule has 0 unspecified atom stereocenters. The van der Waals surface area contributed by atoms with E-state index in [0.29, 0.717) is 22.3 Å². The van der Waals surface area contributed by atoms with Crippen LogP contribution in [0, 0.1) is 0 Å². The summed E-state index contributed by atoms with van der Waals surface area (Å²) in [6, 6.07) is 37.3. The molecule has 0 saturated heterocycles. The van der Waals surface area contributed by atoms with Gasteiger partial charge in [0.2, 0.25) is 0 Å². The van der Waals surface area contributed by atoms with Crippen LogP contribution in [-0.2, 0) is 10.8 Å². The van der Waals surface area contributed by atoms with Crippen LogP contribution in [0.3, 0.4) is 0 Å². The van der Waals surface area contributed by atoms with E-state index in [1.54, 1.807) is 45.3 Å². The Kier molecular flexibility index (Phi) is 5.75. The van der Waals surface area contributed by atoms with Crippen LogP contribution >= 0.6 is 45.3 Å². The summed E-state index contributed by atoms with van der Waals surface area (Å²) >= 11 is 6.84. The maximum Gasteiger partial charge on any atom is 0.193 e. The second kappa shape index (κ2) is 9.65. The monoisotopic (exact) mass is 638 g/mol. The molecule has 0 fully saturated rings.